The number of hydrogen-bond donors (Lipinski definition) is 3. The fourth-order valence-corrected chi connectivity index (χ4v) is 1.01. The molecule has 9 heteroatoms. The summed E-state index contributed by atoms with van der Waals surface area (Å²) < 4.78 is 1.23. The lowest BCUT2D eigenvalue weighted by Gasteiger charge is -2.09. The van der Waals surface area contributed by atoms with Crippen molar-refractivity contribution in [3.05, 3.63) is 12.2 Å². The van der Waals surface area contributed by atoms with Gasteiger partial charge in [-0.25, -0.2) is 14.5 Å². The third-order valence-corrected chi connectivity index (χ3v) is 1.93. The van der Waals surface area contributed by atoms with E-state index in [0.29, 0.717) is 0 Å². The monoisotopic (exact) mass is 242 g/mol. The molecule has 1 atom stereocenters. The van der Waals surface area contributed by atoms with Crippen molar-refractivity contribution in [1.82, 2.24) is 20.1 Å². The molecule has 0 spiro atoms. The molecule has 0 bridgehead atoms. The van der Waals surface area contributed by atoms with Crippen LogP contribution in [0.25, 0.3) is 0 Å². The van der Waals surface area contributed by atoms with Crippen LogP contribution in [0, 0.1) is 0 Å². The number of thiocarbonyl (C=S) groups is 1. The van der Waals surface area contributed by atoms with Crippen LogP contribution in [0.2, 0.25) is 0 Å². The maximum Gasteiger partial charge on any atom is 0.318 e. The van der Waals surface area contributed by atoms with Gasteiger partial charge in [-0.1, -0.05) is 12.2 Å². The van der Waals surface area contributed by atoms with Crippen LogP contribution in [-0.2, 0) is 4.79 Å². The lowest BCUT2D eigenvalue weighted by atomic mass is 10.3. The topological polar surface area (TPSA) is 129 Å². The number of nitrogens with one attached hydrogen (secondary N) is 1. The lowest BCUT2D eigenvalue weighted by molar-refractivity contribution is -0.122. The molecule has 86 valence electrons. The van der Waals surface area contributed by atoms with Gasteiger partial charge >= 0.3 is 6.03 Å². The van der Waals surface area contributed by atoms with Crippen LogP contribution in [0.15, 0.2) is 6.33 Å². The van der Waals surface area contributed by atoms with Crippen LogP contribution in [0.4, 0.5) is 4.79 Å². The highest BCUT2D eigenvalue weighted by Crippen LogP contribution is 2.03. The molecule has 0 saturated carbocycles. The van der Waals surface area contributed by atoms with E-state index in [2.05, 4.69) is 22.3 Å². The first-order valence-corrected chi connectivity index (χ1v) is 4.64. The molecule has 0 saturated heterocycles. The zero-order valence-corrected chi connectivity index (χ0v) is 9.19. The maximum atomic E-state index is 11.4. The number of urea groups is 1. The second-order valence-corrected chi connectivity index (χ2v) is 3.38. The first-order chi connectivity index (χ1) is 7.41. The maximum absolute atomic E-state index is 11.4. The van der Waals surface area contributed by atoms with Gasteiger partial charge in [-0.2, -0.15) is 0 Å². The van der Waals surface area contributed by atoms with Crippen molar-refractivity contribution in [2.24, 2.45) is 11.5 Å². The molecule has 16 heavy (non-hydrogen) atoms. The Labute approximate surface area is 96.0 Å². The fourth-order valence-electron chi connectivity index (χ4n) is 0.920. The third-order valence-electron chi connectivity index (χ3n) is 1.75. The molecular formula is C7H10N6O2S. The molecule has 1 aromatic rings. The van der Waals surface area contributed by atoms with Crippen molar-refractivity contribution in [2.45, 2.75) is 13.0 Å². The molecule has 5 N–H and O–H groups in total. The number of carbonyl (C=O) groups is 2. The molecule has 0 aromatic carbocycles. The molecule has 0 aliphatic heterocycles. The molecule has 0 fully saturated rings. The first-order valence-electron chi connectivity index (χ1n) is 4.23. The van der Waals surface area contributed by atoms with Gasteiger partial charge in [0, 0.05) is 0 Å². The zero-order chi connectivity index (χ0) is 12.3. The van der Waals surface area contributed by atoms with Crippen LogP contribution < -0.4 is 16.8 Å². The summed E-state index contributed by atoms with van der Waals surface area (Å²) in [6.45, 7) is 1.52. The Morgan fingerprint density at radius 2 is 2.19 bits per heavy atom. The Morgan fingerprint density at radius 1 is 1.56 bits per heavy atom. The van der Waals surface area contributed by atoms with Crippen LogP contribution in [-0.4, -0.2) is 31.7 Å². The van der Waals surface area contributed by atoms with Gasteiger partial charge in [0.2, 0.25) is 5.82 Å². The number of hydrogen-bond acceptors (Lipinski definition) is 5. The number of nitrogens with zero attached hydrogens (tertiary/aromatic N) is 3. The average molecular weight is 242 g/mol. The summed E-state index contributed by atoms with van der Waals surface area (Å²) in [5.74, 6) is -0.430. The van der Waals surface area contributed by atoms with Crippen LogP contribution in [0.1, 0.15) is 18.8 Å². The van der Waals surface area contributed by atoms with Gasteiger partial charge in [0.15, 0.2) is 0 Å². The van der Waals surface area contributed by atoms with E-state index in [0.717, 1.165) is 0 Å². The minimum Gasteiger partial charge on any atom is -0.387 e. The molecule has 1 aromatic heterocycles. The van der Waals surface area contributed by atoms with E-state index in [9.17, 15) is 9.59 Å². The highest BCUT2D eigenvalue weighted by atomic mass is 32.1. The second kappa shape index (κ2) is 4.66. The zero-order valence-electron chi connectivity index (χ0n) is 8.38. The molecule has 0 aliphatic carbocycles. The van der Waals surface area contributed by atoms with Gasteiger partial charge < -0.3 is 11.5 Å². The summed E-state index contributed by atoms with van der Waals surface area (Å²) in [7, 11) is 0. The van der Waals surface area contributed by atoms with Gasteiger partial charge in [0.1, 0.15) is 17.4 Å². The Hall–Kier alpha value is -2.03. The number of aromatic nitrogens is 3. The van der Waals surface area contributed by atoms with Gasteiger partial charge in [0.05, 0.1) is 0 Å². The Balaban J connectivity index is 2.79. The smallest absolute Gasteiger partial charge is 0.318 e. The average Bonchev–Trinajstić information content (AvgIpc) is 2.64. The normalized spacial score (nSPS) is 11.8. The van der Waals surface area contributed by atoms with E-state index in [1.165, 1.54) is 17.9 Å². The van der Waals surface area contributed by atoms with Crippen molar-refractivity contribution >= 4 is 29.1 Å². The predicted molar refractivity (Wildman–Crippen MR) is 58.3 cm³/mol. The number of amides is 3. The minimum atomic E-state index is -0.925. The highest BCUT2D eigenvalue weighted by molar-refractivity contribution is 7.80. The van der Waals surface area contributed by atoms with E-state index in [-0.39, 0.29) is 10.8 Å². The summed E-state index contributed by atoms with van der Waals surface area (Å²) in [5, 5.41) is 5.79. The van der Waals surface area contributed by atoms with Gasteiger partial charge in [-0.3, -0.25) is 10.1 Å². The van der Waals surface area contributed by atoms with Crippen LogP contribution >= 0.6 is 12.2 Å². The fraction of sp³-hybridized carbons (Fsp3) is 0.286. The van der Waals surface area contributed by atoms with Crippen molar-refractivity contribution in [3.63, 3.8) is 0 Å². The number of carbonyl (C=O) groups excluding carboxylic acids is 2. The van der Waals surface area contributed by atoms with Gasteiger partial charge in [0.25, 0.3) is 5.91 Å². The number of rotatable bonds is 3. The van der Waals surface area contributed by atoms with Crippen molar-refractivity contribution in [2.75, 3.05) is 0 Å². The molecule has 1 unspecified atom stereocenters. The lowest BCUT2D eigenvalue weighted by Crippen LogP contribution is -2.39. The summed E-state index contributed by atoms with van der Waals surface area (Å²) in [6.07, 6.45) is 1.29. The minimum absolute atomic E-state index is 0.0289. The first kappa shape index (κ1) is 12.0. The molecule has 3 amide bonds. The Kier molecular flexibility index (Phi) is 3.51. The second-order valence-electron chi connectivity index (χ2n) is 2.94. The van der Waals surface area contributed by atoms with E-state index < -0.39 is 18.0 Å². The van der Waals surface area contributed by atoms with Gasteiger partial charge in [-0.05, 0) is 6.92 Å². The molecular weight excluding hydrogens is 232 g/mol. The van der Waals surface area contributed by atoms with Crippen molar-refractivity contribution in [3.8, 4) is 0 Å². The Morgan fingerprint density at radius 3 is 2.62 bits per heavy atom. The van der Waals surface area contributed by atoms with Gasteiger partial charge in [-0.15, -0.1) is 5.10 Å². The molecule has 1 rings (SSSR count). The number of nitrogens with two attached hydrogens (primary N) is 2. The van der Waals surface area contributed by atoms with Crippen molar-refractivity contribution < 1.29 is 9.59 Å². The quantitative estimate of drug-likeness (QED) is 0.563. The number of imide groups is 1. The molecule has 0 aliphatic rings. The van der Waals surface area contributed by atoms with E-state index in [4.69, 9.17) is 11.5 Å². The summed E-state index contributed by atoms with van der Waals surface area (Å²) in [5.41, 5.74) is 10.1. The molecule has 1 heterocycles. The summed E-state index contributed by atoms with van der Waals surface area (Å²) in [6, 6.07) is -1.66. The van der Waals surface area contributed by atoms with Crippen molar-refractivity contribution in [1.29, 1.82) is 0 Å². The summed E-state index contributed by atoms with van der Waals surface area (Å²) >= 11 is 4.66. The summed E-state index contributed by atoms with van der Waals surface area (Å²) in [4.78, 5) is 25.6. The van der Waals surface area contributed by atoms with E-state index in [1.54, 1.807) is 0 Å². The standard InChI is InChI=1S/C7H10N6O2S/c1-3(6(14)11-7(9)15)13-2-10-5(12-13)4(8)16/h2-3H,1H3,(H2,8,16)(H3,9,11,14,15). The van der Waals surface area contributed by atoms with Crippen LogP contribution in [0.3, 0.4) is 0 Å². The largest absolute Gasteiger partial charge is 0.387 e. The predicted octanol–water partition coefficient (Wildman–Crippen LogP) is -1.33. The van der Waals surface area contributed by atoms with E-state index in [1.807, 2.05) is 5.32 Å². The van der Waals surface area contributed by atoms with E-state index >= 15 is 0 Å². The number of primary amides is 1. The highest BCUT2D eigenvalue weighted by Gasteiger charge is 2.18. The third kappa shape index (κ3) is 2.73. The SMILES string of the molecule is CC(C(=O)NC(N)=O)n1cnc(C(N)=S)n1. The molecule has 0 radical (unpaired) electrons. The van der Waals surface area contributed by atoms with Crippen LogP contribution in [0.5, 0.6) is 0 Å². The Bertz CT molecular complexity index is 442. The molecule has 8 nitrogen and oxygen atoms in total.